The number of carbonyl (C=O) groups excluding carboxylic acids is 1. The molecule has 0 aromatic heterocycles. The molecule has 0 atom stereocenters. The van der Waals surface area contributed by atoms with Crippen LogP contribution in [-0.4, -0.2) is 36.4 Å². The molecule has 0 aliphatic carbocycles. The van der Waals surface area contributed by atoms with Gasteiger partial charge in [0.25, 0.3) is 5.91 Å². The van der Waals surface area contributed by atoms with Gasteiger partial charge >= 0.3 is 5.69 Å². The van der Waals surface area contributed by atoms with E-state index in [1.54, 1.807) is 6.07 Å². The molecule has 0 aliphatic heterocycles. The molecule has 2 rings (SSSR count). The van der Waals surface area contributed by atoms with Crippen LogP contribution in [0.15, 0.2) is 35.4 Å². The average molecular weight is 380 g/mol. The van der Waals surface area contributed by atoms with Crippen LogP contribution in [0.1, 0.15) is 15.9 Å². The Morgan fingerprint density at radius 2 is 1.96 bits per heavy atom. The molecule has 0 spiro atoms. The van der Waals surface area contributed by atoms with Gasteiger partial charge in [0.1, 0.15) is 0 Å². The van der Waals surface area contributed by atoms with Crippen molar-refractivity contribution in [3.63, 3.8) is 0 Å². The fraction of sp³-hybridized carbons (Fsp3) is 0.125. The highest BCUT2D eigenvalue weighted by atomic mass is 35.5. The van der Waals surface area contributed by atoms with E-state index < -0.39 is 22.3 Å². The normalized spacial score (nSPS) is 10.6. The number of phenols is 1. The van der Waals surface area contributed by atoms with Crippen molar-refractivity contribution in [2.75, 3.05) is 14.2 Å². The lowest BCUT2D eigenvalue weighted by molar-refractivity contribution is -0.385. The molecule has 0 saturated carbocycles. The van der Waals surface area contributed by atoms with Gasteiger partial charge in [-0.2, -0.15) is 5.10 Å². The molecule has 1 amide bonds. The van der Waals surface area contributed by atoms with Crippen LogP contribution in [0.4, 0.5) is 5.69 Å². The first-order valence-electron chi connectivity index (χ1n) is 7.09. The number of hydrogen-bond donors (Lipinski definition) is 2. The number of aromatic hydroxyl groups is 1. The van der Waals surface area contributed by atoms with Gasteiger partial charge in [-0.15, -0.1) is 0 Å². The second-order valence-electron chi connectivity index (χ2n) is 4.89. The predicted molar refractivity (Wildman–Crippen MR) is 94.4 cm³/mol. The zero-order valence-electron chi connectivity index (χ0n) is 13.7. The first-order valence-corrected chi connectivity index (χ1v) is 7.47. The Balaban J connectivity index is 2.18. The zero-order chi connectivity index (χ0) is 19.3. The van der Waals surface area contributed by atoms with E-state index in [-0.39, 0.29) is 16.1 Å². The van der Waals surface area contributed by atoms with Gasteiger partial charge in [-0.3, -0.25) is 14.9 Å². The lowest BCUT2D eigenvalue weighted by Gasteiger charge is -2.08. The Hall–Kier alpha value is -3.33. The van der Waals surface area contributed by atoms with Crippen LogP contribution in [0.2, 0.25) is 5.02 Å². The summed E-state index contributed by atoms with van der Waals surface area (Å²) < 4.78 is 10.2. The number of methoxy groups -OCH3 is 2. The van der Waals surface area contributed by atoms with Crippen LogP contribution in [-0.2, 0) is 0 Å². The molecule has 2 aromatic rings. The number of hydrogen-bond acceptors (Lipinski definition) is 7. The monoisotopic (exact) mass is 379 g/mol. The maximum Gasteiger partial charge on any atom is 0.312 e. The molecule has 0 saturated heterocycles. The van der Waals surface area contributed by atoms with Gasteiger partial charge < -0.3 is 14.6 Å². The van der Waals surface area contributed by atoms with E-state index in [0.29, 0.717) is 11.5 Å². The van der Waals surface area contributed by atoms with Gasteiger partial charge in [0.15, 0.2) is 11.5 Å². The van der Waals surface area contributed by atoms with Crippen molar-refractivity contribution < 1.29 is 24.3 Å². The largest absolute Gasteiger partial charge is 0.502 e. The number of hydrazone groups is 1. The second kappa shape index (κ2) is 8.17. The minimum Gasteiger partial charge on any atom is -0.502 e. The number of phenolic OH excluding ortho intramolecular Hbond substituents is 1. The SMILES string of the molecule is COc1ccc(C(=O)N/N=C\c2cc(Cl)cc([N+](=O)[O-])c2O)cc1OC. The van der Waals surface area contributed by atoms with Crippen LogP contribution in [0, 0.1) is 10.1 Å². The Kier molecular flexibility index (Phi) is 5.97. The molecule has 0 radical (unpaired) electrons. The predicted octanol–water partition coefficient (Wildman–Crippen LogP) is 2.73. The first kappa shape index (κ1) is 19.0. The minimum atomic E-state index is -0.777. The van der Waals surface area contributed by atoms with E-state index >= 15 is 0 Å². The Morgan fingerprint density at radius 3 is 2.58 bits per heavy atom. The van der Waals surface area contributed by atoms with Gasteiger partial charge in [-0.05, 0) is 24.3 Å². The van der Waals surface area contributed by atoms with Crippen LogP contribution < -0.4 is 14.9 Å². The van der Waals surface area contributed by atoms with Gasteiger partial charge in [0, 0.05) is 22.2 Å². The summed E-state index contributed by atoms with van der Waals surface area (Å²) >= 11 is 5.78. The molecule has 9 nitrogen and oxygen atoms in total. The molecule has 0 heterocycles. The maximum absolute atomic E-state index is 12.1. The number of nitrogens with zero attached hydrogens (tertiary/aromatic N) is 2. The van der Waals surface area contributed by atoms with Crippen molar-refractivity contribution in [3.05, 3.63) is 56.6 Å². The van der Waals surface area contributed by atoms with E-state index in [0.717, 1.165) is 12.3 Å². The smallest absolute Gasteiger partial charge is 0.312 e. The van der Waals surface area contributed by atoms with Gasteiger partial charge in [-0.1, -0.05) is 11.6 Å². The maximum atomic E-state index is 12.1. The standard InChI is InChI=1S/C16H14ClN3O6/c1-25-13-4-3-9(6-14(13)26-2)16(22)19-18-8-10-5-11(17)7-12(15(10)21)20(23)24/h3-8,21H,1-2H3,(H,19,22)/b18-8-. The van der Waals surface area contributed by atoms with Gasteiger partial charge in [-0.25, -0.2) is 5.43 Å². The van der Waals surface area contributed by atoms with Gasteiger partial charge in [0.2, 0.25) is 5.75 Å². The number of nitrogens with one attached hydrogen (secondary N) is 1. The lowest BCUT2D eigenvalue weighted by atomic mass is 10.2. The fourth-order valence-corrected chi connectivity index (χ4v) is 2.27. The van der Waals surface area contributed by atoms with Crippen molar-refractivity contribution in [2.24, 2.45) is 5.10 Å². The number of nitro benzene ring substituents is 1. The number of rotatable bonds is 6. The molecule has 26 heavy (non-hydrogen) atoms. The van der Waals surface area contributed by atoms with Crippen molar-refractivity contribution in [2.45, 2.75) is 0 Å². The summed E-state index contributed by atoms with van der Waals surface area (Å²) in [5.41, 5.74) is 1.91. The third-order valence-electron chi connectivity index (χ3n) is 3.30. The van der Waals surface area contributed by atoms with Crippen LogP contribution in [0.5, 0.6) is 17.2 Å². The summed E-state index contributed by atoms with van der Waals surface area (Å²) in [7, 11) is 2.91. The number of carbonyl (C=O) groups is 1. The van der Waals surface area contributed by atoms with Crippen molar-refractivity contribution >= 4 is 29.4 Å². The first-order chi connectivity index (χ1) is 12.4. The summed E-state index contributed by atoms with van der Waals surface area (Å²) in [6.45, 7) is 0. The molecule has 0 bridgehead atoms. The Labute approximate surface area is 153 Å². The molecule has 0 unspecified atom stereocenters. The topological polar surface area (TPSA) is 123 Å². The third kappa shape index (κ3) is 4.19. The number of amides is 1. The number of nitro groups is 1. The van der Waals surface area contributed by atoms with E-state index in [9.17, 15) is 20.0 Å². The fourth-order valence-electron chi connectivity index (χ4n) is 2.05. The summed E-state index contributed by atoms with van der Waals surface area (Å²) in [5.74, 6) is -0.335. The zero-order valence-corrected chi connectivity index (χ0v) is 14.5. The van der Waals surface area contributed by atoms with Crippen molar-refractivity contribution in [3.8, 4) is 17.2 Å². The highest BCUT2D eigenvalue weighted by Crippen LogP contribution is 2.32. The van der Waals surface area contributed by atoms with Crippen molar-refractivity contribution in [1.82, 2.24) is 5.43 Å². The van der Waals surface area contributed by atoms with Crippen LogP contribution in [0.3, 0.4) is 0 Å². The van der Waals surface area contributed by atoms with Gasteiger partial charge in [0.05, 0.1) is 25.4 Å². The summed E-state index contributed by atoms with van der Waals surface area (Å²) in [6, 6.07) is 6.81. The molecule has 2 aromatic carbocycles. The second-order valence-corrected chi connectivity index (χ2v) is 5.33. The van der Waals surface area contributed by atoms with Crippen LogP contribution >= 0.6 is 11.6 Å². The minimum absolute atomic E-state index is 0.0168. The molecule has 0 fully saturated rings. The quantitative estimate of drug-likeness (QED) is 0.452. The summed E-state index contributed by atoms with van der Waals surface area (Å²) in [6.07, 6.45) is 1.05. The third-order valence-corrected chi connectivity index (χ3v) is 3.51. The average Bonchev–Trinajstić information content (AvgIpc) is 2.63. The Morgan fingerprint density at radius 1 is 1.27 bits per heavy atom. The van der Waals surface area contributed by atoms with Crippen molar-refractivity contribution in [1.29, 1.82) is 0 Å². The molecular formula is C16H14ClN3O6. The van der Waals surface area contributed by atoms with E-state index in [1.807, 2.05) is 0 Å². The van der Waals surface area contributed by atoms with Crippen LogP contribution in [0.25, 0.3) is 0 Å². The van der Waals surface area contributed by atoms with E-state index in [1.165, 1.54) is 32.4 Å². The molecular weight excluding hydrogens is 366 g/mol. The number of halogens is 1. The van der Waals surface area contributed by atoms with E-state index in [4.69, 9.17) is 21.1 Å². The highest BCUT2D eigenvalue weighted by molar-refractivity contribution is 6.31. The summed E-state index contributed by atoms with van der Waals surface area (Å²) in [4.78, 5) is 22.2. The number of ether oxygens (including phenoxy) is 2. The molecule has 2 N–H and O–H groups in total. The van der Waals surface area contributed by atoms with E-state index in [2.05, 4.69) is 10.5 Å². The molecule has 10 heteroatoms. The highest BCUT2D eigenvalue weighted by Gasteiger charge is 2.18. The molecule has 0 aliphatic rings. The lowest BCUT2D eigenvalue weighted by Crippen LogP contribution is -2.17. The summed E-state index contributed by atoms with van der Waals surface area (Å²) in [5, 5.41) is 24.4. The number of benzene rings is 2. The Bertz CT molecular complexity index is 885. The molecule has 136 valence electrons.